The Balaban J connectivity index is 2.71. The number of halogens is 3. The lowest BCUT2D eigenvalue weighted by molar-refractivity contribution is -0.121. The normalized spacial score (nSPS) is 10.7. The Labute approximate surface area is 96.6 Å². The van der Waals surface area contributed by atoms with E-state index >= 15 is 0 Å². The van der Waals surface area contributed by atoms with Gasteiger partial charge in [-0.05, 0) is 13.8 Å². The van der Waals surface area contributed by atoms with Crippen molar-refractivity contribution in [3.8, 4) is 0 Å². The van der Waals surface area contributed by atoms with Crippen molar-refractivity contribution in [2.45, 2.75) is 20.0 Å². The zero-order chi connectivity index (χ0) is 13.0. The first-order valence-electron chi connectivity index (χ1n) is 4.96. The summed E-state index contributed by atoms with van der Waals surface area (Å²) in [6.07, 6.45) is -0.171. The number of carbonyl (C=O) groups is 1. The molecule has 0 radical (unpaired) electrons. The topological polar surface area (TPSA) is 38.3 Å². The van der Waals surface area contributed by atoms with Gasteiger partial charge >= 0.3 is 0 Å². The fraction of sp³-hybridized carbons (Fsp3) is 0.364. The largest absolute Gasteiger partial charge is 0.369 e. The summed E-state index contributed by atoms with van der Waals surface area (Å²) in [6.45, 7) is 3.13. The first-order chi connectivity index (χ1) is 7.90. The van der Waals surface area contributed by atoms with Gasteiger partial charge in [-0.2, -0.15) is 0 Å². The van der Waals surface area contributed by atoms with Crippen LogP contribution in [0.1, 0.15) is 13.8 Å². The van der Waals surface area contributed by atoms with E-state index in [-0.39, 0.29) is 12.7 Å². The molecule has 0 fully saturated rings. The van der Waals surface area contributed by atoms with Crippen LogP contribution in [0, 0.1) is 17.5 Å². The van der Waals surface area contributed by atoms with Crippen molar-refractivity contribution < 1.29 is 22.7 Å². The molecule has 0 aromatic heterocycles. The van der Waals surface area contributed by atoms with Crippen LogP contribution in [0.2, 0.25) is 0 Å². The van der Waals surface area contributed by atoms with Crippen molar-refractivity contribution in [3.63, 3.8) is 0 Å². The molecule has 0 saturated heterocycles. The highest BCUT2D eigenvalue weighted by Crippen LogP contribution is 2.18. The molecule has 0 saturated carbocycles. The van der Waals surface area contributed by atoms with Gasteiger partial charge in [0.2, 0.25) is 5.91 Å². The number of anilines is 1. The summed E-state index contributed by atoms with van der Waals surface area (Å²) in [5.41, 5.74) is -0.542. The number of rotatable bonds is 4. The molecule has 94 valence electrons. The maximum absolute atomic E-state index is 13.1. The van der Waals surface area contributed by atoms with Crippen molar-refractivity contribution in [2.24, 2.45) is 0 Å². The summed E-state index contributed by atoms with van der Waals surface area (Å²) in [7, 11) is 0. The second kappa shape index (κ2) is 5.67. The van der Waals surface area contributed by atoms with E-state index in [0.29, 0.717) is 12.1 Å². The minimum absolute atomic E-state index is 0.171. The van der Waals surface area contributed by atoms with E-state index in [1.54, 1.807) is 13.8 Å². The standard InChI is InChI=1S/C11H12F3NO2/c1-6(2)17-5-10(16)15-9-4-7(12)3-8(13)11(9)14/h3-4,6H,5H2,1-2H3,(H,15,16). The van der Waals surface area contributed by atoms with Gasteiger partial charge in [0.05, 0.1) is 11.8 Å². The SMILES string of the molecule is CC(C)OCC(=O)Nc1cc(F)cc(F)c1F. The average molecular weight is 247 g/mol. The summed E-state index contributed by atoms with van der Waals surface area (Å²) >= 11 is 0. The fourth-order valence-electron chi connectivity index (χ4n) is 1.08. The molecule has 17 heavy (non-hydrogen) atoms. The number of amides is 1. The van der Waals surface area contributed by atoms with Crippen LogP contribution in [-0.4, -0.2) is 18.6 Å². The van der Waals surface area contributed by atoms with Gasteiger partial charge in [-0.15, -0.1) is 0 Å². The Morgan fingerprint density at radius 1 is 1.35 bits per heavy atom. The quantitative estimate of drug-likeness (QED) is 0.830. The van der Waals surface area contributed by atoms with Crippen LogP contribution in [0.15, 0.2) is 12.1 Å². The second-order valence-electron chi connectivity index (χ2n) is 3.66. The van der Waals surface area contributed by atoms with Gasteiger partial charge in [-0.1, -0.05) is 0 Å². The van der Waals surface area contributed by atoms with E-state index in [9.17, 15) is 18.0 Å². The molecule has 0 aliphatic heterocycles. The van der Waals surface area contributed by atoms with Gasteiger partial charge in [-0.3, -0.25) is 4.79 Å². The lowest BCUT2D eigenvalue weighted by Gasteiger charge is -2.09. The van der Waals surface area contributed by atoms with Crippen molar-refractivity contribution >= 4 is 11.6 Å². The smallest absolute Gasteiger partial charge is 0.250 e. The third-order valence-corrected chi connectivity index (χ3v) is 1.81. The number of ether oxygens (including phenoxy) is 1. The van der Waals surface area contributed by atoms with E-state index in [2.05, 4.69) is 0 Å². The van der Waals surface area contributed by atoms with Crippen LogP contribution in [-0.2, 0) is 9.53 Å². The highest BCUT2D eigenvalue weighted by Gasteiger charge is 2.13. The molecule has 0 aliphatic rings. The Morgan fingerprint density at radius 3 is 2.59 bits per heavy atom. The summed E-state index contributed by atoms with van der Waals surface area (Å²) < 4.78 is 43.7. The molecule has 3 nitrogen and oxygen atoms in total. The number of carbonyl (C=O) groups excluding carboxylic acids is 1. The molecular formula is C11H12F3NO2. The Kier molecular flexibility index (Phi) is 4.51. The highest BCUT2D eigenvalue weighted by atomic mass is 19.2. The molecule has 0 aliphatic carbocycles. The second-order valence-corrected chi connectivity index (χ2v) is 3.66. The van der Waals surface area contributed by atoms with E-state index in [4.69, 9.17) is 4.74 Å². The zero-order valence-corrected chi connectivity index (χ0v) is 9.39. The van der Waals surface area contributed by atoms with Gasteiger partial charge in [0.15, 0.2) is 11.6 Å². The lowest BCUT2D eigenvalue weighted by atomic mass is 10.3. The molecular weight excluding hydrogens is 235 g/mol. The number of benzene rings is 1. The van der Waals surface area contributed by atoms with Crippen molar-refractivity contribution in [1.29, 1.82) is 0 Å². The van der Waals surface area contributed by atoms with Crippen molar-refractivity contribution in [2.75, 3.05) is 11.9 Å². The van der Waals surface area contributed by atoms with Crippen LogP contribution in [0.4, 0.5) is 18.9 Å². The summed E-state index contributed by atoms with van der Waals surface area (Å²) in [5.74, 6) is -4.30. The van der Waals surface area contributed by atoms with E-state index in [1.807, 2.05) is 5.32 Å². The number of nitrogens with one attached hydrogen (secondary N) is 1. The van der Waals surface area contributed by atoms with Crippen LogP contribution in [0.5, 0.6) is 0 Å². The molecule has 0 atom stereocenters. The summed E-state index contributed by atoms with van der Waals surface area (Å²) in [4.78, 5) is 11.2. The molecule has 0 unspecified atom stereocenters. The third kappa shape index (κ3) is 4.07. The van der Waals surface area contributed by atoms with Gasteiger partial charge in [0, 0.05) is 12.1 Å². The van der Waals surface area contributed by atoms with Gasteiger partial charge in [0.25, 0.3) is 0 Å². The van der Waals surface area contributed by atoms with E-state index < -0.39 is 29.0 Å². The maximum Gasteiger partial charge on any atom is 0.250 e. The molecule has 1 aromatic rings. The summed E-state index contributed by atoms with van der Waals surface area (Å²) in [6, 6.07) is 1.10. The first-order valence-corrected chi connectivity index (χ1v) is 4.96. The van der Waals surface area contributed by atoms with Crippen molar-refractivity contribution in [3.05, 3.63) is 29.6 Å². The molecule has 0 spiro atoms. The lowest BCUT2D eigenvalue weighted by Crippen LogP contribution is -2.21. The zero-order valence-electron chi connectivity index (χ0n) is 9.39. The maximum atomic E-state index is 13.1. The predicted molar refractivity (Wildman–Crippen MR) is 56.0 cm³/mol. The minimum atomic E-state index is -1.36. The van der Waals surface area contributed by atoms with Crippen LogP contribution in [0.3, 0.4) is 0 Å². The summed E-state index contributed by atoms with van der Waals surface area (Å²) in [5, 5.41) is 2.03. The molecule has 1 aromatic carbocycles. The van der Waals surface area contributed by atoms with E-state index in [1.165, 1.54) is 0 Å². The number of hydrogen-bond donors (Lipinski definition) is 1. The monoisotopic (exact) mass is 247 g/mol. The van der Waals surface area contributed by atoms with Crippen LogP contribution < -0.4 is 5.32 Å². The van der Waals surface area contributed by atoms with E-state index in [0.717, 1.165) is 0 Å². The van der Waals surface area contributed by atoms with Crippen molar-refractivity contribution in [1.82, 2.24) is 0 Å². The Bertz CT molecular complexity index is 421. The Hall–Kier alpha value is -1.56. The number of hydrogen-bond acceptors (Lipinski definition) is 2. The van der Waals surface area contributed by atoms with Gasteiger partial charge in [0.1, 0.15) is 12.4 Å². The minimum Gasteiger partial charge on any atom is -0.369 e. The molecule has 1 amide bonds. The van der Waals surface area contributed by atoms with Gasteiger partial charge < -0.3 is 10.1 Å². The molecule has 0 bridgehead atoms. The molecule has 1 rings (SSSR count). The Morgan fingerprint density at radius 2 is 2.00 bits per heavy atom. The first kappa shape index (κ1) is 13.5. The third-order valence-electron chi connectivity index (χ3n) is 1.81. The average Bonchev–Trinajstić information content (AvgIpc) is 2.22. The molecule has 0 heterocycles. The predicted octanol–water partition coefficient (Wildman–Crippen LogP) is 2.47. The molecule has 1 N–H and O–H groups in total. The molecule has 6 heteroatoms. The fourth-order valence-corrected chi connectivity index (χ4v) is 1.08. The van der Waals surface area contributed by atoms with Gasteiger partial charge in [-0.25, -0.2) is 13.2 Å². The van der Waals surface area contributed by atoms with Crippen LogP contribution in [0.25, 0.3) is 0 Å². The highest BCUT2D eigenvalue weighted by molar-refractivity contribution is 5.91. The van der Waals surface area contributed by atoms with Crippen LogP contribution >= 0.6 is 0 Å².